The number of fused-ring (bicyclic) bond motifs is 1. The Labute approximate surface area is 165 Å². The topological polar surface area (TPSA) is 109 Å². The highest BCUT2D eigenvalue weighted by atomic mass is 16.5. The fourth-order valence-electron chi connectivity index (χ4n) is 2.58. The second kappa shape index (κ2) is 8.67. The number of esters is 1. The van der Waals surface area contributed by atoms with E-state index in [4.69, 9.17) is 9.15 Å². The summed E-state index contributed by atoms with van der Waals surface area (Å²) >= 11 is 0. The van der Waals surface area contributed by atoms with Crippen molar-refractivity contribution in [3.8, 4) is 11.8 Å². The number of nitrogens with one attached hydrogen (secondary N) is 1. The summed E-state index contributed by atoms with van der Waals surface area (Å²) in [5.41, 5.74) is -0.248. The predicted octanol–water partition coefficient (Wildman–Crippen LogP) is 3.06. The van der Waals surface area contributed by atoms with Gasteiger partial charge in [0.05, 0.1) is 0 Å². The van der Waals surface area contributed by atoms with Crippen LogP contribution in [0.3, 0.4) is 0 Å². The molecule has 0 atom stereocenters. The maximum absolute atomic E-state index is 12.3. The lowest BCUT2D eigenvalue weighted by molar-refractivity contribution is -0.129. The second-order valence-corrected chi connectivity index (χ2v) is 5.98. The van der Waals surface area contributed by atoms with Gasteiger partial charge in [-0.2, -0.15) is 5.26 Å². The van der Waals surface area contributed by atoms with Crippen LogP contribution in [0, 0.1) is 11.3 Å². The first kappa shape index (κ1) is 19.6. The van der Waals surface area contributed by atoms with E-state index in [0.29, 0.717) is 17.5 Å². The average molecular weight is 388 g/mol. The van der Waals surface area contributed by atoms with Crippen LogP contribution >= 0.6 is 0 Å². The maximum Gasteiger partial charge on any atom is 0.354 e. The van der Waals surface area contributed by atoms with Gasteiger partial charge in [-0.1, -0.05) is 30.3 Å². The number of nitrogens with zero attached hydrogens (tertiary/aromatic N) is 1. The van der Waals surface area contributed by atoms with Crippen LogP contribution in [0.2, 0.25) is 0 Å². The van der Waals surface area contributed by atoms with Gasteiger partial charge < -0.3 is 14.5 Å². The highest BCUT2D eigenvalue weighted by Gasteiger charge is 2.15. The predicted molar refractivity (Wildman–Crippen MR) is 106 cm³/mol. The lowest BCUT2D eigenvalue weighted by atomic mass is 10.1. The number of benzene rings is 2. The van der Waals surface area contributed by atoms with E-state index in [9.17, 15) is 19.6 Å². The van der Waals surface area contributed by atoms with Crippen molar-refractivity contribution in [2.45, 2.75) is 6.92 Å². The molecule has 0 saturated heterocycles. The largest absolute Gasteiger partial charge is 0.422 e. The molecule has 0 aliphatic carbocycles. The van der Waals surface area contributed by atoms with Crippen LogP contribution in [0.15, 0.2) is 69.4 Å². The molecule has 0 spiro atoms. The highest BCUT2D eigenvalue weighted by molar-refractivity contribution is 5.99. The third-order valence-electron chi connectivity index (χ3n) is 3.95. The van der Waals surface area contributed by atoms with E-state index in [1.807, 2.05) is 12.1 Å². The summed E-state index contributed by atoms with van der Waals surface area (Å²) in [4.78, 5) is 36.3. The van der Waals surface area contributed by atoms with Crippen LogP contribution < -0.4 is 15.7 Å². The van der Waals surface area contributed by atoms with Crippen molar-refractivity contribution in [2.24, 2.45) is 0 Å². The number of hydrogen-bond acceptors (Lipinski definition) is 6. The quantitative estimate of drug-likeness (QED) is 0.237. The molecule has 7 nitrogen and oxygen atoms in total. The fourth-order valence-corrected chi connectivity index (χ4v) is 2.58. The van der Waals surface area contributed by atoms with E-state index in [-0.39, 0.29) is 22.5 Å². The second-order valence-electron chi connectivity index (χ2n) is 5.98. The van der Waals surface area contributed by atoms with Gasteiger partial charge in [-0.25, -0.2) is 9.59 Å². The van der Waals surface area contributed by atoms with Gasteiger partial charge in [0.25, 0.3) is 5.91 Å². The Morgan fingerprint density at radius 1 is 1.17 bits per heavy atom. The smallest absolute Gasteiger partial charge is 0.354 e. The monoisotopic (exact) mass is 388 g/mol. The van der Waals surface area contributed by atoms with Gasteiger partial charge in [-0.05, 0) is 36.8 Å². The summed E-state index contributed by atoms with van der Waals surface area (Å²) in [6.07, 6.45) is 1.42. The zero-order chi connectivity index (χ0) is 20.8. The van der Waals surface area contributed by atoms with E-state index in [0.717, 1.165) is 0 Å². The first-order valence-electron chi connectivity index (χ1n) is 8.77. The number of carbonyl (C=O) groups excluding carboxylic acids is 2. The third-order valence-corrected chi connectivity index (χ3v) is 3.95. The summed E-state index contributed by atoms with van der Waals surface area (Å²) in [5, 5.41) is 12.3. The Morgan fingerprint density at radius 2 is 1.93 bits per heavy atom. The van der Waals surface area contributed by atoms with E-state index in [1.54, 1.807) is 37.3 Å². The van der Waals surface area contributed by atoms with Crippen LogP contribution in [-0.2, 0) is 4.79 Å². The Bertz CT molecular complexity index is 1200. The molecule has 3 aromatic rings. The van der Waals surface area contributed by atoms with Crippen LogP contribution in [0.5, 0.6) is 5.75 Å². The minimum absolute atomic E-state index is 0.102. The zero-order valence-corrected chi connectivity index (χ0v) is 15.5. The molecular formula is C22H16N2O5. The molecule has 1 aromatic heterocycles. The van der Waals surface area contributed by atoms with Crippen LogP contribution in [0.25, 0.3) is 17.0 Å². The first-order chi connectivity index (χ1) is 14.0. The molecule has 1 amide bonds. The lowest BCUT2D eigenvalue weighted by Crippen LogP contribution is -2.27. The molecule has 0 fully saturated rings. The van der Waals surface area contributed by atoms with Gasteiger partial charge in [0.2, 0.25) is 0 Å². The van der Waals surface area contributed by atoms with Crippen molar-refractivity contribution < 1.29 is 18.7 Å². The van der Waals surface area contributed by atoms with Gasteiger partial charge in [-0.3, -0.25) is 4.79 Å². The molecule has 0 aliphatic rings. The first-order valence-corrected chi connectivity index (χ1v) is 8.77. The van der Waals surface area contributed by atoms with Crippen LogP contribution in [-0.4, -0.2) is 18.4 Å². The van der Waals surface area contributed by atoms with Crippen molar-refractivity contribution in [1.29, 1.82) is 5.26 Å². The standard InChI is InChI=1S/C22H16N2O5/c1-2-24-20(25)18-11-15-8-9-17(12-19(15)29-22(18)27)28-21(26)16(13-23)10-14-6-4-3-5-7-14/h3-12H,2H2,1H3,(H,24,25)/b16-10+. The molecule has 7 heteroatoms. The number of hydrogen-bond donors (Lipinski definition) is 1. The molecule has 144 valence electrons. The van der Waals surface area contributed by atoms with Gasteiger partial charge in [0.1, 0.15) is 28.5 Å². The molecule has 0 aliphatic heterocycles. The molecule has 0 radical (unpaired) electrons. The molecule has 3 rings (SSSR count). The summed E-state index contributed by atoms with van der Waals surface area (Å²) in [7, 11) is 0. The number of carbonyl (C=O) groups is 2. The van der Waals surface area contributed by atoms with Crippen LogP contribution in [0.4, 0.5) is 0 Å². The molecule has 1 N–H and O–H groups in total. The fraction of sp³-hybridized carbons (Fsp3) is 0.0909. The SMILES string of the molecule is CCNC(=O)c1cc2ccc(OC(=O)/C(C#N)=C/c3ccccc3)cc2oc1=O. The van der Waals surface area contributed by atoms with Gasteiger partial charge in [-0.15, -0.1) is 0 Å². The Hall–Kier alpha value is -4.18. The number of ether oxygens (including phenoxy) is 1. The molecule has 2 aromatic carbocycles. The lowest BCUT2D eigenvalue weighted by Gasteiger charge is -2.06. The molecule has 0 saturated carbocycles. The molecule has 0 bridgehead atoms. The van der Waals surface area contributed by atoms with Gasteiger partial charge in [0.15, 0.2) is 0 Å². The summed E-state index contributed by atoms with van der Waals surface area (Å²) in [5.74, 6) is -1.26. The van der Waals surface area contributed by atoms with Gasteiger partial charge in [0, 0.05) is 18.0 Å². The van der Waals surface area contributed by atoms with Crippen LogP contribution in [0.1, 0.15) is 22.8 Å². The van der Waals surface area contributed by atoms with Crippen molar-refractivity contribution in [1.82, 2.24) is 5.32 Å². The number of rotatable bonds is 5. The van der Waals surface area contributed by atoms with E-state index < -0.39 is 17.5 Å². The number of nitriles is 1. The molecule has 1 heterocycles. The highest BCUT2D eigenvalue weighted by Crippen LogP contribution is 2.21. The normalized spacial score (nSPS) is 11.0. The minimum Gasteiger partial charge on any atom is -0.422 e. The van der Waals surface area contributed by atoms with Crippen molar-refractivity contribution in [3.05, 3.63) is 81.7 Å². The number of amides is 1. The molecule has 29 heavy (non-hydrogen) atoms. The van der Waals surface area contributed by atoms with Crippen molar-refractivity contribution in [2.75, 3.05) is 6.54 Å². The Kier molecular flexibility index (Phi) is 5.85. The molecular weight excluding hydrogens is 372 g/mol. The summed E-state index contributed by atoms with van der Waals surface area (Å²) < 4.78 is 10.4. The van der Waals surface area contributed by atoms with E-state index >= 15 is 0 Å². The van der Waals surface area contributed by atoms with E-state index in [2.05, 4.69) is 5.32 Å². The third kappa shape index (κ3) is 4.57. The average Bonchev–Trinajstić information content (AvgIpc) is 2.72. The Balaban J connectivity index is 1.87. The van der Waals surface area contributed by atoms with Crippen molar-refractivity contribution in [3.63, 3.8) is 0 Å². The zero-order valence-electron chi connectivity index (χ0n) is 15.5. The summed E-state index contributed by atoms with van der Waals surface area (Å²) in [6, 6.07) is 16.5. The Morgan fingerprint density at radius 3 is 2.62 bits per heavy atom. The summed E-state index contributed by atoms with van der Waals surface area (Å²) in [6.45, 7) is 2.12. The van der Waals surface area contributed by atoms with E-state index in [1.165, 1.54) is 24.3 Å². The van der Waals surface area contributed by atoms with Crippen molar-refractivity contribution >= 4 is 28.9 Å². The molecule has 0 unspecified atom stereocenters. The van der Waals surface area contributed by atoms with Gasteiger partial charge >= 0.3 is 11.6 Å². The maximum atomic E-state index is 12.3. The minimum atomic E-state index is -0.836.